The second-order valence-corrected chi connectivity index (χ2v) is 5.74. The summed E-state index contributed by atoms with van der Waals surface area (Å²) in [4.78, 5) is 12.0. The zero-order chi connectivity index (χ0) is 10.8. The Kier molecular flexibility index (Phi) is 3.74. The van der Waals surface area contributed by atoms with Crippen molar-refractivity contribution in [2.45, 2.75) is 59.8 Å². The Bertz CT molecular complexity index is 192. The van der Waals surface area contributed by atoms with E-state index in [-0.39, 0.29) is 5.41 Å². The van der Waals surface area contributed by atoms with Crippen molar-refractivity contribution in [3.8, 4) is 0 Å². The van der Waals surface area contributed by atoms with Crippen LogP contribution in [0.1, 0.15) is 59.8 Å². The van der Waals surface area contributed by atoms with Gasteiger partial charge in [0, 0.05) is 11.3 Å². The summed E-state index contributed by atoms with van der Waals surface area (Å²) in [5.74, 6) is 1.73. The van der Waals surface area contributed by atoms with Crippen molar-refractivity contribution in [2.24, 2.45) is 17.3 Å². The van der Waals surface area contributed by atoms with Crippen LogP contribution in [0, 0.1) is 17.3 Å². The van der Waals surface area contributed by atoms with E-state index < -0.39 is 0 Å². The van der Waals surface area contributed by atoms with Crippen LogP contribution in [0.5, 0.6) is 0 Å². The zero-order valence-corrected chi connectivity index (χ0v) is 10.1. The quantitative estimate of drug-likeness (QED) is 0.656. The molecule has 1 aliphatic carbocycles. The molecule has 0 unspecified atom stereocenters. The zero-order valence-electron chi connectivity index (χ0n) is 10.1. The molecule has 0 aromatic rings. The number of hydrogen-bond donors (Lipinski definition) is 0. The van der Waals surface area contributed by atoms with E-state index in [0.29, 0.717) is 11.7 Å². The summed E-state index contributed by atoms with van der Waals surface area (Å²) in [6.07, 6.45) is 6.09. The molecule has 0 amide bonds. The molecule has 0 N–H and O–H groups in total. The minimum atomic E-state index is -0.135. The van der Waals surface area contributed by atoms with E-state index in [0.717, 1.165) is 18.8 Å². The van der Waals surface area contributed by atoms with Crippen molar-refractivity contribution in [1.82, 2.24) is 0 Å². The van der Waals surface area contributed by atoms with Crippen LogP contribution >= 0.6 is 0 Å². The Morgan fingerprint density at radius 1 is 1.14 bits per heavy atom. The van der Waals surface area contributed by atoms with Crippen molar-refractivity contribution < 1.29 is 4.79 Å². The molecule has 0 spiro atoms. The minimum Gasteiger partial charge on any atom is -0.299 e. The SMILES string of the molecule is CCC1CCC(C(=O)C(C)(C)C)CC1. The first-order valence-corrected chi connectivity index (χ1v) is 5.99. The molecule has 1 rings (SSSR count). The van der Waals surface area contributed by atoms with Gasteiger partial charge < -0.3 is 0 Å². The van der Waals surface area contributed by atoms with Crippen LogP contribution in [0.4, 0.5) is 0 Å². The number of carbonyl (C=O) groups is 1. The Morgan fingerprint density at radius 2 is 1.64 bits per heavy atom. The van der Waals surface area contributed by atoms with Gasteiger partial charge in [0.1, 0.15) is 5.78 Å². The molecule has 0 saturated heterocycles. The standard InChI is InChI=1S/C13H24O/c1-5-10-6-8-11(9-7-10)12(14)13(2,3)4/h10-11H,5-9H2,1-4H3. The Hall–Kier alpha value is -0.330. The third kappa shape index (κ3) is 2.83. The number of hydrogen-bond acceptors (Lipinski definition) is 1. The molecule has 1 nitrogen and oxygen atoms in total. The molecule has 0 aromatic heterocycles. The topological polar surface area (TPSA) is 17.1 Å². The summed E-state index contributed by atoms with van der Waals surface area (Å²) < 4.78 is 0. The second kappa shape index (κ2) is 4.46. The lowest BCUT2D eigenvalue weighted by molar-refractivity contribution is -0.131. The van der Waals surface area contributed by atoms with Crippen molar-refractivity contribution in [1.29, 1.82) is 0 Å². The van der Waals surface area contributed by atoms with Gasteiger partial charge in [0.25, 0.3) is 0 Å². The average molecular weight is 196 g/mol. The van der Waals surface area contributed by atoms with Crippen LogP contribution in [0.15, 0.2) is 0 Å². The lowest BCUT2D eigenvalue weighted by Gasteiger charge is -2.31. The van der Waals surface area contributed by atoms with E-state index in [2.05, 4.69) is 6.92 Å². The predicted molar refractivity (Wildman–Crippen MR) is 60.2 cm³/mol. The highest BCUT2D eigenvalue weighted by Gasteiger charge is 2.32. The van der Waals surface area contributed by atoms with E-state index in [9.17, 15) is 4.79 Å². The summed E-state index contributed by atoms with van der Waals surface area (Å²) >= 11 is 0. The van der Waals surface area contributed by atoms with Gasteiger partial charge in [-0.1, -0.05) is 34.1 Å². The van der Waals surface area contributed by atoms with Gasteiger partial charge in [-0.25, -0.2) is 0 Å². The molecule has 82 valence electrons. The highest BCUT2D eigenvalue weighted by Crippen LogP contribution is 2.34. The molecule has 1 fully saturated rings. The summed E-state index contributed by atoms with van der Waals surface area (Å²) in [7, 11) is 0. The van der Waals surface area contributed by atoms with E-state index in [1.54, 1.807) is 0 Å². The number of carbonyl (C=O) groups excluding carboxylic acids is 1. The third-order valence-electron chi connectivity index (χ3n) is 3.53. The lowest BCUT2D eigenvalue weighted by atomic mass is 9.73. The van der Waals surface area contributed by atoms with Gasteiger partial charge in [-0.05, 0) is 31.6 Å². The minimum absolute atomic E-state index is 0.135. The van der Waals surface area contributed by atoms with Crippen LogP contribution in [0.2, 0.25) is 0 Å². The van der Waals surface area contributed by atoms with Crippen LogP contribution < -0.4 is 0 Å². The Morgan fingerprint density at radius 3 is 2.00 bits per heavy atom. The molecule has 0 aromatic carbocycles. The second-order valence-electron chi connectivity index (χ2n) is 5.74. The molecule has 1 saturated carbocycles. The molecule has 1 aliphatic rings. The Balaban J connectivity index is 2.46. The molecule has 14 heavy (non-hydrogen) atoms. The number of Topliss-reactive ketones (excluding diaryl/α,β-unsaturated/α-hetero) is 1. The fourth-order valence-electron chi connectivity index (χ4n) is 2.45. The highest BCUT2D eigenvalue weighted by molar-refractivity contribution is 5.85. The number of ketones is 1. The average Bonchev–Trinajstić information content (AvgIpc) is 2.15. The molecule has 0 aliphatic heterocycles. The van der Waals surface area contributed by atoms with Gasteiger partial charge in [0.2, 0.25) is 0 Å². The van der Waals surface area contributed by atoms with Crippen molar-refractivity contribution in [3.05, 3.63) is 0 Å². The summed E-state index contributed by atoms with van der Waals surface area (Å²) in [6, 6.07) is 0. The molecular formula is C13H24O. The maximum absolute atomic E-state index is 12.0. The van der Waals surface area contributed by atoms with Gasteiger partial charge in [0.15, 0.2) is 0 Å². The van der Waals surface area contributed by atoms with Crippen molar-refractivity contribution in [3.63, 3.8) is 0 Å². The van der Waals surface area contributed by atoms with Crippen LogP contribution in [0.25, 0.3) is 0 Å². The molecule has 0 atom stereocenters. The van der Waals surface area contributed by atoms with Gasteiger partial charge >= 0.3 is 0 Å². The predicted octanol–water partition coefficient (Wildman–Crippen LogP) is 3.82. The maximum atomic E-state index is 12.0. The maximum Gasteiger partial charge on any atom is 0.141 e. The van der Waals surface area contributed by atoms with Crippen LogP contribution in [-0.2, 0) is 4.79 Å². The smallest absolute Gasteiger partial charge is 0.141 e. The van der Waals surface area contributed by atoms with Gasteiger partial charge in [-0.2, -0.15) is 0 Å². The van der Waals surface area contributed by atoms with Crippen LogP contribution in [0.3, 0.4) is 0 Å². The number of rotatable bonds is 2. The Labute approximate surface area is 88.3 Å². The first kappa shape index (κ1) is 11.7. The van der Waals surface area contributed by atoms with Gasteiger partial charge in [-0.15, -0.1) is 0 Å². The van der Waals surface area contributed by atoms with E-state index in [4.69, 9.17) is 0 Å². The summed E-state index contributed by atoms with van der Waals surface area (Å²) in [5, 5.41) is 0. The third-order valence-corrected chi connectivity index (χ3v) is 3.53. The fraction of sp³-hybridized carbons (Fsp3) is 0.923. The highest BCUT2D eigenvalue weighted by atomic mass is 16.1. The first-order chi connectivity index (χ1) is 6.45. The monoisotopic (exact) mass is 196 g/mol. The molecule has 0 bridgehead atoms. The molecule has 1 heteroatoms. The van der Waals surface area contributed by atoms with Gasteiger partial charge in [0.05, 0.1) is 0 Å². The van der Waals surface area contributed by atoms with E-state index in [1.165, 1.54) is 19.3 Å². The lowest BCUT2D eigenvalue weighted by Crippen LogP contribution is -2.31. The van der Waals surface area contributed by atoms with Crippen molar-refractivity contribution >= 4 is 5.78 Å². The van der Waals surface area contributed by atoms with E-state index in [1.807, 2.05) is 20.8 Å². The van der Waals surface area contributed by atoms with Gasteiger partial charge in [-0.3, -0.25) is 4.79 Å². The molecular weight excluding hydrogens is 172 g/mol. The molecule has 0 radical (unpaired) electrons. The van der Waals surface area contributed by atoms with Crippen molar-refractivity contribution in [2.75, 3.05) is 0 Å². The fourth-order valence-corrected chi connectivity index (χ4v) is 2.45. The van der Waals surface area contributed by atoms with Crippen LogP contribution in [-0.4, -0.2) is 5.78 Å². The normalized spacial score (nSPS) is 28.9. The molecule has 0 heterocycles. The summed E-state index contributed by atoms with van der Waals surface area (Å²) in [6.45, 7) is 8.39. The largest absolute Gasteiger partial charge is 0.299 e. The van der Waals surface area contributed by atoms with E-state index >= 15 is 0 Å². The summed E-state index contributed by atoms with van der Waals surface area (Å²) in [5.41, 5.74) is -0.135. The first-order valence-electron chi connectivity index (χ1n) is 5.99.